The fourth-order valence-corrected chi connectivity index (χ4v) is 2.83. The standard InChI is InChI=1S/C19H23NO/c1-2-20(18-12-13-18)14-19(21)17-10-8-16(9-11-17)15-6-4-3-5-7-15/h3-11,18-19,21H,2,12-14H2,1H3. The quantitative estimate of drug-likeness (QED) is 0.869. The van der Waals surface area contributed by atoms with E-state index in [9.17, 15) is 5.11 Å². The van der Waals surface area contributed by atoms with E-state index in [2.05, 4.69) is 36.1 Å². The van der Waals surface area contributed by atoms with Crippen LogP contribution in [0.4, 0.5) is 0 Å². The summed E-state index contributed by atoms with van der Waals surface area (Å²) in [5.41, 5.74) is 3.42. The summed E-state index contributed by atoms with van der Waals surface area (Å²) in [4.78, 5) is 2.38. The van der Waals surface area contributed by atoms with Crippen LogP contribution in [0.1, 0.15) is 31.4 Å². The minimum Gasteiger partial charge on any atom is -0.387 e. The smallest absolute Gasteiger partial charge is 0.0917 e. The summed E-state index contributed by atoms with van der Waals surface area (Å²) in [6.45, 7) is 3.93. The van der Waals surface area contributed by atoms with Crippen molar-refractivity contribution >= 4 is 0 Å². The zero-order chi connectivity index (χ0) is 14.7. The lowest BCUT2D eigenvalue weighted by atomic mass is 10.0. The van der Waals surface area contributed by atoms with Gasteiger partial charge in [-0.25, -0.2) is 0 Å². The Hall–Kier alpha value is -1.64. The molecule has 0 saturated heterocycles. The number of rotatable bonds is 6. The van der Waals surface area contributed by atoms with E-state index in [1.165, 1.54) is 24.0 Å². The Morgan fingerprint density at radius 2 is 1.62 bits per heavy atom. The predicted molar refractivity (Wildman–Crippen MR) is 87.1 cm³/mol. The van der Waals surface area contributed by atoms with Crippen LogP contribution in [0.15, 0.2) is 54.6 Å². The van der Waals surface area contributed by atoms with Crippen molar-refractivity contribution in [2.75, 3.05) is 13.1 Å². The molecule has 21 heavy (non-hydrogen) atoms. The van der Waals surface area contributed by atoms with Crippen molar-refractivity contribution in [2.45, 2.75) is 31.9 Å². The van der Waals surface area contributed by atoms with Crippen molar-refractivity contribution in [1.82, 2.24) is 4.90 Å². The monoisotopic (exact) mass is 281 g/mol. The lowest BCUT2D eigenvalue weighted by Gasteiger charge is -2.23. The van der Waals surface area contributed by atoms with Crippen LogP contribution < -0.4 is 0 Å². The van der Waals surface area contributed by atoms with Crippen LogP contribution in [-0.4, -0.2) is 29.1 Å². The minimum absolute atomic E-state index is 0.393. The highest BCUT2D eigenvalue weighted by Crippen LogP contribution is 2.29. The molecule has 0 heterocycles. The number of hydrogen-bond acceptors (Lipinski definition) is 2. The summed E-state index contributed by atoms with van der Waals surface area (Å²) in [6, 6.07) is 19.3. The molecule has 0 bridgehead atoms. The van der Waals surface area contributed by atoms with Gasteiger partial charge in [0.15, 0.2) is 0 Å². The van der Waals surface area contributed by atoms with Gasteiger partial charge < -0.3 is 5.11 Å². The van der Waals surface area contributed by atoms with Gasteiger partial charge in [-0.1, -0.05) is 61.5 Å². The number of aliphatic hydroxyl groups excluding tert-OH is 1. The van der Waals surface area contributed by atoms with Crippen molar-refractivity contribution in [1.29, 1.82) is 0 Å². The normalized spacial score (nSPS) is 16.1. The summed E-state index contributed by atoms with van der Waals surface area (Å²) in [5, 5.41) is 10.4. The van der Waals surface area contributed by atoms with Gasteiger partial charge in [0.1, 0.15) is 0 Å². The molecule has 0 aromatic heterocycles. The van der Waals surface area contributed by atoms with E-state index in [4.69, 9.17) is 0 Å². The molecule has 1 atom stereocenters. The Balaban J connectivity index is 1.68. The molecule has 2 aromatic carbocycles. The van der Waals surface area contributed by atoms with Crippen LogP contribution >= 0.6 is 0 Å². The molecule has 1 aliphatic rings. The lowest BCUT2D eigenvalue weighted by Crippen LogP contribution is -2.30. The van der Waals surface area contributed by atoms with Crippen molar-refractivity contribution in [3.63, 3.8) is 0 Å². The maximum atomic E-state index is 10.4. The molecule has 1 aliphatic carbocycles. The molecule has 3 rings (SSSR count). The van der Waals surface area contributed by atoms with Crippen molar-refractivity contribution in [3.05, 3.63) is 60.2 Å². The van der Waals surface area contributed by atoms with E-state index in [-0.39, 0.29) is 0 Å². The van der Waals surface area contributed by atoms with Gasteiger partial charge in [0.25, 0.3) is 0 Å². The first kappa shape index (κ1) is 14.3. The second-order valence-electron chi connectivity index (χ2n) is 5.82. The summed E-state index contributed by atoms with van der Waals surface area (Å²) < 4.78 is 0. The van der Waals surface area contributed by atoms with E-state index < -0.39 is 6.10 Å². The van der Waals surface area contributed by atoms with Gasteiger partial charge in [-0.2, -0.15) is 0 Å². The molecule has 0 spiro atoms. The summed E-state index contributed by atoms with van der Waals surface area (Å²) in [6.07, 6.45) is 2.18. The van der Waals surface area contributed by atoms with Crippen molar-refractivity contribution in [3.8, 4) is 11.1 Å². The first-order valence-electron chi connectivity index (χ1n) is 7.85. The number of likely N-dealkylation sites (N-methyl/N-ethyl adjacent to an activating group) is 1. The molecular formula is C19H23NO. The highest BCUT2D eigenvalue weighted by Gasteiger charge is 2.29. The van der Waals surface area contributed by atoms with Gasteiger partial charge in [0.05, 0.1) is 6.10 Å². The Labute approximate surface area is 127 Å². The SMILES string of the molecule is CCN(CC(O)c1ccc(-c2ccccc2)cc1)C1CC1. The average Bonchev–Trinajstić information content (AvgIpc) is 3.38. The van der Waals surface area contributed by atoms with E-state index in [0.29, 0.717) is 6.04 Å². The second kappa shape index (κ2) is 6.42. The van der Waals surface area contributed by atoms with Crippen LogP contribution in [0.5, 0.6) is 0 Å². The fraction of sp³-hybridized carbons (Fsp3) is 0.368. The number of nitrogens with zero attached hydrogens (tertiary/aromatic N) is 1. The van der Waals surface area contributed by atoms with Crippen molar-refractivity contribution < 1.29 is 5.11 Å². The van der Waals surface area contributed by atoms with Crippen LogP contribution in [0.2, 0.25) is 0 Å². The largest absolute Gasteiger partial charge is 0.387 e. The third kappa shape index (κ3) is 3.52. The van der Waals surface area contributed by atoms with Crippen LogP contribution in [0.25, 0.3) is 11.1 Å². The number of aliphatic hydroxyl groups is 1. The molecule has 1 fully saturated rings. The topological polar surface area (TPSA) is 23.5 Å². The third-order valence-corrected chi connectivity index (χ3v) is 4.28. The van der Waals surface area contributed by atoms with Gasteiger partial charge >= 0.3 is 0 Å². The molecule has 110 valence electrons. The van der Waals surface area contributed by atoms with Gasteiger partial charge in [-0.3, -0.25) is 4.90 Å². The van der Waals surface area contributed by atoms with Gasteiger partial charge in [-0.05, 0) is 36.1 Å². The first-order valence-corrected chi connectivity index (χ1v) is 7.85. The van der Waals surface area contributed by atoms with Crippen LogP contribution in [0, 0.1) is 0 Å². The highest BCUT2D eigenvalue weighted by molar-refractivity contribution is 5.63. The van der Waals surface area contributed by atoms with Gasteiger partial charge in [0.2, 0.25) is 0 Å². The molecule has 2 nitrogen and oxygen atoms in total. The van der Waals surface area contributed by atoms with E-state index in [0.717, 1.165) is 18.7 Å². The lowest BCUT2D eigenvalue weighted by molar-refractivity contribution is 0.112. The Morgan fingerprint density at radius 1 is 1.00 bits per heavy atom. The first-order chi connectivity index (χ1) is 10.3. The predicted octanol–water partition coefficient (Wildman–Crippen LogP) is 3.87. The van der Waals surface area contributed by atoms with E-state index in [1.54, 1.807) is 0 Å². The molecule has 2 heteroatoms. The molecule has 0 radical (unpaired) electrons. The summed E-state index contributed by atoms with van der Waals surface area (Å²) >= 11 is 0. The number of benzene rings is 2. The molecule has 1 N–H and O–H groups in total. The summed E-state index contributed by atoms with van der Waals surface area (Å²) in [7, 11) is 0. The Morgan fingerprint density at radius 3 is 2.19 bits per heavy atom. The zero-order valence-corrected chi connectivity index (χ0v) is 12.6. The minimum atomic E-state index is -0.393. The van der Waals surface area contributed by atoms with Gasteiger partial charge in [-0.15, -0.1) is 0 Å². The average molecular weight is 281 g/mol. The number of hydrogen-bond donors (Lipinski definition) is 1. The zero-order valence-electron chi connectivity index (χ0n) is 12.6. The third-order valence-electron chi connectivity index (χ3n) is 4.28. The Bertz CT molecular complexity index is 560. The maximum Gasteiger partial charge on any atom is 0.0917 e. The molecule has 0 amide bonds. The second-order valence-corrected chi connectivity index (χ2v) is 5.82. The highest BCUT2D eigenvalue weighted by atomic mass is 16.3. The van der Waals surface area contributed by atoms with E-state index in [1.807, 2.05) is 30.3 Å². The van der Waals surface area contributed by atoms with E-state index >= 15 is 0 Å². The maximum absolute atomic E-state index is 10.4. The molecule has 1 unspecified atom stereocenters. The van der Waals surface area contributed by atoms with Gasteiger partial charge in [0, 0.05) is 12.6 Å². The van der Waals surface area contributed by atoms with Crippen LogP contribution in [-0.2, 0) is 0 Å². The van der Waals surface area contributed by atoms with Crippen LogP contribution in [0.3, 0.4) is 0 Å². The molecule has 1 saturated carbocycles. The van der Waals surface area contributed by atoms with Crippen molar-refractivity contribution in [2.24, 2.45) is 0 Å². The molecule has 2 aromatic rings. The fourth-order valence-electron chi connectivity index (χ4n) is 2.83. The molecular weight excluding hydrogens is 258 g/mol. The molecule has 0 aliphatic heterocycles. The summed E-state index contributed by atoms with van der Waals surface area (Å²) in [5.74, 6) is 0. The Kier molecular flexibility index (Phi) is 4.37.